The van der Waals surface area contributed by atoms with Gasteiger partial charge in [0.05, 0.1) is 5.41 Å². The van der Waals surface area contributed by atoms with Gasteiger partial charge in [-0.3, -0.25) is 4.79 Å². The van der Waals surface area contributed by atoms with Crippen LogP contribution in [0.1, 0.15) is 46.0 Å². The molecule has 0 bridgehead atoms. The summed E-state index contributed by atoms with van der Waals surface area (Å²) in [6.07, 6.45) is 6.65. The standard InChI is InChI=1S/C14H26N2O/c1-14(2,10-15)13(17)16-8-7-11-5-3-4-6-12(11)9-16/h11-12H,3-10,15H2,1-2H3. The summed E-state index contributed by atoms with van der Waals surface area (Å²) >= 11 is 0. The van der Waals surface area contributed by atoms with Gasteiger partial charge in [-0.15, -0.1) is 0 Å². The maximum absolute atomic E-state index is 12.4. The van der Waals surface area contributed by atoms with Crippen molar-refractivity contribution in [2.45, 2.75) is 46.0 Å². The number of hydrogen-bond donors (Lipinski definition) is 1. The normalized spacial score (nSPS) is 29.9. The molecule has 1 saturated heterocycles. The Balaban J connectivity index is 1.98. The monoisotopic (exact) mass is 238 g/mol. The lowest BCUT2D eigenvalue weighted by molar-refractivity contribution is -0.143. The van der Waals surface area contributed by atoms with Gasteiger partial charge in [-0.25, -0.2) is 0 Å². The van der Waals surface area contributed by atoms with E-state index >= 15 is 0 Å². The summed E-state index contributed by atoms with van der Waals surface area (Å²) in [6.45, 7) is 6.29. The van der Waals surface area contributed by atoms with Crippen LogP contribution in [-0.2, 0) is 4.79 Å². The van der Waals surface area contributed by atoms with Crippen molar-refractivity contribution in [1.29, 1.82) is 0 Å². The van der Waals surface area contributed by atoms with Gasteiger partial charge in [0.25, 0.3) is 0 Å². The minimum absolute atomic E-state index is 0.254. The van der Waals surface area contributed by atoms with Crippen LogP contribution >= 0.6 is 0 Å². The fraction of sp³-hybridized carbons (Fsp3) is 0.929. The molecule has 1 aliphatic heterocycles. The van der Waals surface area contributed by atoms with E-state index in [9.17, 15) is 4.79 Å². The van der Waals surface area contributed by atoms with Crippen LogP contribution in [0.5, 0.6) is 0 Å². The van der Waals surface area contributed by atoms with Gasteiger partial charge in [-0.1, -0.05) is 19.3 Å². The van der Waals surface area contributed by atoms with Gasteiger partial charge in [0.15, 0.2) is 0 Å². The zero-order valence-corrected chi connectivity index (χ0v) is 11.2. The summed E-state index contributed by atoms with van der Waals surface area (Å²) in [6, 6.07) is 0. The zero-order valence-electron chi connectivity index (χ0n) is 11.2. The summed E-state index contributed by atoms with van der Waals surface area (Å²) in [7, 11) is 0. The summed E-state index contributed by atoms with van der Waals surface area (Å²) in [5.74, 6) is 1.90. The first-order valence-corrected chi connectivity index (χ1v) is 7.04. The quantitative estimate of drug-likeness (QED) is 0.800. The lowest BCUT2D eigenvalue weighted by Crippen LogP contribution is -2.51. The van der Waals surface area contributed by atoms with Gasteiger partial charge in [0.1, 0.15) is 0 Å². The number of piperidine rings is 1. The van der Waals surface area contributed by atoms with Crippen LogP contribution in [0.3, 0.4) is 0 Å². The van der Waals surface area contributed by atoms with Crippen molar-refractivity contribution < 1.29 is 4.79 Å². The lowest BCUT2D eigenvalue weighted by Gasteiger charge is -2.43. The molecule has 3 heteroatoms. The molecule has 0 radical (unpaired) electrons. The van der Waals surface area contributed by atoms with E-state index < -0.39 is 0 Å². The van der Waals surface area contributed by atoms with Gasteiger partial charge < -0.3 is 10.6 Å². The Morgan fingerprint density at radius 1 is 1.24 bits per heavy atom. The van der Waals surface area contributed by atoms with E-state index in [0.717, 1.165) is 24.9 Å². The lowest BCUT2D eigenvalue weighted by atomic mass is 9.74. The van der Waals surface area contributed by atoms with Crippen LogP contribution in [0, 0.1) is 17.3 Å². The van der Waals surface area contributed by atoms with Crippen LogP contribution < -0.4 is 5.73 Å². The van der Waals surface area contributed by atoms with E-state index in [-0.39, 0.29) is 11.3 Å². The number of hydrogen-bond acceptors (Lipinski definition) is 2. The number of amides is 1. The predicted molar refractivity (Wildman–Crippen MR) is 69.5 cm³/mol. The van der Waals surface area contributed by atoms with Gasteiger partial charge in [-0.2, -0.15) is 0 Å². The average molecular weight is 238 g/mol. The van der Waals surface area contributed by atoms with Gasteiger partial charge in [0.2, 0.25) is 5.91 Å². The fourth-order valence-corrected chi connectivity index (χ4v) is 3.30. The molecule has 1 saturated carbocycles. The minimum atomic E-state index is -0.387. The molecule has 1 heterocycles. The SMILES string of the molecule is CC(C)(CN)C(=O)N1CCC2CCCCC2C1. The molecule has 2 rings (SSSR count). The molecule has 3 nitrogen and oxygen atoms in total. The van der Waals surface area contributed by atoms with E-state index in [0.29, 0.717) is 6.54 Å². The third kappa shape index (κ3) is 2.65. The molecule has 2 fully saturated rings. The minimum Gasteiger partial charge on any atom is -0.342 e. The highest BCUT2D eigenvalue weighted by molar-refractivity contribution is 5.82. The van der Waals surface area contributed by atoms with Crippen LogP contribution in [0.2, 0.25) is 0 Å². The number of nitrogens with zero attached hydrogens (tertiary/aromatic N) is 1. The van der Waals surface area contributed by atoms with Crippen molar-refractivity contribution in [3.8, 4) is 0 Å². The summed E-state index contributed by atoms with van der Waals surface area (Å²) in [5, 5.41) is 0. The molecule has 0 aromatic heterocycles. The average Bonchev–Trinajstić information content (AvgIpc) is 2.37. The fourth-order valence-electron chi connectivity index (χ4n) is 3.30. The van der Waals surface area contributed by atoms with Crippen molar-refractivity contribution >= 4 is 5.91 Å². The van der Waals surface area contributed by atoms with E-state index in [2.05, 4.69) is 4.90 Å². The molecule has 0 aromatic rings. The second-order valence-corrected chi connectivity index (χ2v) is 6.43. The number of carbonyl (C=O) groups is 1. The van der Waals surface area contributed by atoms with Crippen LogP contribution in [0.4, 0.5) is 0 Å². The molecule has 17 heavy (non-hydrogen) atoms. The van der Waals surface area contributed by atoms with Crippen LogP contribution in [-0.4, -0.2) is 30.4 Å². The van der Waals surface area contributed by atoms with E-state index in [4.69, 9.17) is 5.73 Å². The molecule has 2 aliphatic rings. The second kappa shape index (κ2) is 4.97. The third-order valence-corrected chi connectivity index (χ3v) is 4.67. The van der Waals surface area contributed by atoms with Crippen molar-refractivity contribution in [2.75, 3.05) is 19.6 Å². The first-order valence-electron chi connectivity index (χ1n) is 7.04. The molecular formula is C14H26N2O. The first kappa shape index (κ1) is 12.9. The molecule has 2 unspecified atom stereocenters. The smallest absolute Gasteiger partial charge is 0.229 e. The highest BCUT2D eigenvalue weighted by Crippen LogP contribution is 2.37. The third-order valence-electron chi connectivity index (χ3n) is 4.67. The number of rotatable bonds is 2. The number of fused-ring (bicyclic) bond motifs is 1. The molecule has 0 aromatic carbocycles. The second-order valence-electron chi connectivity index (χ2n) is 6.43. The van der Waals surface area contributed by atoms with Crippen molar-refractivity contribution in [2.24, 2.45) is 23.0 Å². The molecular weight excluding hydrogens is 212 g/mol. The number of nitrogens with two attached hydrogens (primary N) is 1. The van der Waals surface area contributed by atoms with Gasteiger partial charge in [0, 0.05) is 19.6 Å². The Morgan fingerprint density at radius 2 is 1.88 bits per heavy atom. The maximum atomic E-state index is 12.4. The Labute approximate surface area is 105 Å². The zero-order chi connectivity index (χ0) is 12.5. The largest absolute Gasteiger partial charge is 0.342 e. The summed E-state index contributed by atoms with van der Waals surface area (Å²) in [4.78, 5) is 14.4. The van der Waals surface area contributed by atoms with E-state index in [1.165, 1.54) is 32.1 Å². The van der Waals surface area contributed by atoms with Crippen LogP contribution in [0.25, 0.3) is 0 Å². The van der Waals surface area contributed by atoms with E-state index in [1.54, 1.807) is 0 Å². The van der Waals surface area contributed by atoms with Crippen LogP contribution in [0.15, 0.2) is 0 Å². The number of likely N-dealkylation sites (tertiary alicyclic amines) is 1. The van der Waals surface area contributed by atoms with E-state index in [1.807, 2.05) is 13.8 Å². The Kier molecular flexibility index (Phi) is 3.76. The Morgan fingerprint density at radius 3 is 2.53 bits per heavy atom. The Bertz CT molecular complexity index is 288. The molecule has 98 valence electrons. The maximum Gasteiger partial charge on any atom is 0.229 e. The predicted octanol–water partition coefficient (Wildman–Crippen LogP) is 2.01. The van der Waals surface area contributed by atoms with Crippen molar-refractivity contribution in [3.05, 3.63) is 0 Å². The molecule has 2 atom stereocenters. The first-order chi connectivity index (χ1) is 8.04. The Hall–Kier alpha value is -0.570. The highest BCUT2D eigenvalue weighted by Gasteiger charge is 2.37. The molecule has 0 spiro atoms. The number of carbonyl (C=O) groups excluding carboxylic acids is 1. The topological polar surface area (TPSA) is 46.3 Å². The molecule has 2 N–H and O–H groups in total. The molecule has 1 aliphatic carbocycles. The highest BCUT2D eigenvalue weighted by atomic mass is 16.2. The summed E-state index contributed by atoms with van der Waals surface area (Å²) in [5.41, 5.74) is 5.31. The van der Waals surface area contributed by atoms with Gasteiger partial charge in [-0.05, 0) is 38.5 Å². The molecule has 1 amide bonds. The van der Waals surface area contributed by atoms with Crippen molar-refractivity contribution in [1.82, 2.24) is 4.90 Å². The van der Waals surface area contributed by atoms with Gasteiger partial charge >= 0.3 is 0 Å². The summed E-state index contributed by atoms with van der Waals surface area (Å²) < 4.78 is 0. The van der Waals surface area contributed by atoms with Crippen molar-refractivity contribution in [3.63, 3.8) is 0 Å².